The minimum absolute atomic E-state index is 0.0191. The molecule has 0 aromatic carbocycles. The van der Waals surface area contributed by atoms with Gasteiger partial charge in [0.2, 0.25) is 0 Å². The molecule has 1 amide bonds. The minimum Gasteiger partial charge on any atom is -0.453 e. The molecule has 0 aliphatic heterocycles. The van der Waals surface area contributed by atoms with Gasteiger partial charge in [0.25, 0.3) is 5.91 Å². The number of aliphatic hydroxyl groups excluding tert-OH is 1. The fourth-order valence-electron chi connectivity index (χ4n) is 3.00. The summed E-state index contributed by atoms with van der Waals surface area (Å²) in [5.74, 6) is 0.473. The monoisotopic (exact) mass is 311 g/mol. The normalized spacial score (nSPS) is 26.5. The zero-order chi connectivity index (χ0) is 16.4. The molecule has 6 heteroatoms. The molecule has 0 bridgehead atoms. The maximum Gasteiger partial charge on any atom is 0.287 e. The summed E-state index contributed by atoms with van der Waals surface area (Å²) < 4.78 is 16.1. The minimum atomic E-state index is -0.696. The predicted molar refractivity (Wildman–Crippen MR) is 80.5 cm³/mol. The summed E-state index contributed by atoms with van der Waals surface area (Å²) in [5, 5.41) is 12.7. The molecular weight excluding hydrogens is 286 g/mol. The molecule has 0 radical (unpaired) electrons. The van der Waals surface area contributed by atoms with Crippen LogP contribution in [0.3, 0.4) is 0 Å². The van der Waals surface area contributed by atoms with E-state index >= 15 is 0 Å². The van der Waals surface area contributed by atoms with Crippen molar-refractivity contribution in [3.63, 3.8) is 0 Å². The first kappa shape index (κ1) is 17.0. The Morgan fingerprint density at radius 3 is 2.77 bits per heavy atom. The Labute approximate surface area is 130 Å². The van der Waals surface area contributed by atoms with Crippen molar-refractivity contribution in [2.45, 2.75) is 45.4 Å². The highest BCUT2D eigenvalue weighted by Crippen LogP contribution is 2.51. The van der Waals surface area contributed by atoms with Crippen molar-refractivity contribution in [3.05, 3.63) is 23.7 Å². The molecule has 1 aliphatic rings. The summed E-state index contributed by atoms with van der Waals surface area (Å²) in [6.07, 6.45) is 0.604. The van der Waals surface area contributed by atoms with Crippen LogP contribution in [0.2, 0.25) is 0 Å². The first-order valence-electron chi connectivity index (χ1n) is 7.53. The molecular formula is C16H25NO5. The van der Waals surface area contributed by atoms with Crippen molar-refractivity contribution in [2.75, 3.05) is 20.3 Å². The van der Waals surface area contributed by atoms with E-state index in [0.29, 0.717) is 25.4 Å². The van der Waals surface area contributed by atoms with E-state index in [1.807, 2.05) is 20.8 Å². The number of rotatable bonds is 7. The summed E-state index contributed by atoms with van der Waals surface area (Å²) in [6, 6.07) is 3.32. The van der Waals surface area contributed by atoms with E-state index in [2.05, 4.69) is 5.32 Å². The van der Waals surface area contributed by atoms with Crippen LogP contribution in [-0.2, 0) is 16.1 Å². The third-order valence-electron chi connectivity index (χ3n) is 4.73. The number of amides is 1. The molecule has 6 nitrogen and oxygen atoms in total. The molecule has 1 aromatic heterocycles. The van der Waals surface area contributed by atoms with Gasteiger partial charge >= 0.3 is 0 Å². The van der Waals surface area contributed by atoms with Gasteiger partial charge in [-0.1, -0.05) is 13.8 Å². The Kier molecular flexibility index (Phi) is 4.94. The molecule has 0 unspecified atom stereocenters. The Morgan fingerprint density at radius 1 is 1.50 bits per heavy atom. The largest absolute Gasteiger partial charge is 0.453 e. The quantitative estimate of drug-likeness (QED) is 0.801. The van der Waals surface area contributed by atoms with Crippen LogP contribution in [0.1, 0.15) is 43.5 Å². The van der Waals surface area contributed by atoms with Crippen LogP contribution < -0.4 is 5.32 Å². The molecule has 2 N–H and O–H groups in total. The summed E-state index contributed by atoms with van der Waals surface area (Å²) in [4.78, 5) is 12.4. The topological polar surface area (TPSA) is 80.9 Å². The average Bonchev–Trinajstić information content (AvgIpc) is 2.94. The van der Waals surface area contributed by atoms with Gasteiger partial charge in [0.05, 0.1) is 18.2 Å². The van der Waals surface area contributed by atoms with Crippen molar-refractivity contribution in [1.82, 2.24) is 5.32 Å². The molecule has 1 fully saturated rings. The van der Waals surface area contributed by atoms with Crippen molar-refractivity contribution in [1.29, 1.82) is 0 Å². The number of nitrogens with one attached hydrogen (secondary N) is 1. The maximum absolute atomic E-state index is 12.4. The second-order valence-corrected chi connectivity index (χ2v) is 6.26. The molecule has 1 aromatic rings. The Morgan fingerprint density at radius 2 is 2.23 bits per heavy atom. The van der Waals surface area contributed by atoms with Gasteiger partial charge < -0.3 is 24.3 Å². The Bertz CT molecular complexity index is 524. The highest BCUT2D eigenvalue weighted by molar-refractivity contribution is 5.92. The number of hydrogen-bond acceptors (Lipinski definition) is 5. The molecule has 1 heterocycles. The Hall–Kier alpha value is -1.37. The van der Waals surface area contributed by atoms with E-state index in [0.717, 1.165) is 0 Å². The van der Waals surface area contributed by atoms with Crippen molar-refractivity contribution in [2.24, 2.45) is 5.41 Å². The first-order valence-corrected chi connectivity index (χ1v) is 7.53. The number of methoxy groups -OCH3 is 1. The second-order valence-electron chi connectivity index (χ2n) is 6.26. The molecule has 124 valence electrons. The standard InChI is InChI=1S/C16H25NO5/c1-5-21-13-8-16(10-18,15(13,2)3)17-14(19)12-7-6-11(22-12)9-20-4/h6-7,13,18H,5,8-10H2,1-4H3,(H,17,19)/t13-,16+/m0/s1. The van der Waals surface area contributed by atoms with E-state index in [-0.39, 0.29) is 29.8 Å². The van der Waals surface area contributed by atoms with Gasteiger partial charge in [0, 0.05) is 25.6 Å². The molecule has 0 saturated heterocycles. The summed E-state index contributed by atoms with van der Waals surface area (Å²) in [7, 11) is 1.56. The lowest BCUT2D eigenvalue weighted by Gasteiger charge is -2.60. The summed E-state index contributed by atoms with van der Waals surface area (Å²) >= 11 is 0. The van der Waals surface area contributed by atoms with Gasteiger partial charge in [0.15, 0.2) is 5.76 Å². The zero-order valence-electron chi connectivity index (χ0n) is 13.6. The number of furan rings is 1. The number of hydrogen-bond donors (Lipinski definition) is 2. The lowest BCUT2D eigenvalue weighted by atomic mass is 9.54. The number of ether oxygens (including phenoxy) is 2. The van der Waals surface area contributed by atoms with Crippen LogP contribution >= 0.6 is 0 Å². The summed E-state index contributed by atoms with van der Waals surface area (Å²) in [5.41, 5.74) is -1.05. The van der Waals surface area contributed by atoms with Crippen molar-refractivity contribution in [3.8, 4) is 0 Å². The first-order chi connectivity index (χ1) is 10.4. The molecule has 22 heavy (non-hydrogen) atoms. The van der Waals surface area contributed by atoms with Gasteiger partial charge in [0.1, 0.15) is 12.4 Å². The summed E-state index contributed by atoms with van der Waals surface area (Å²) in [6.45, 7) is 6.71. The SMILES string of the molecule is CCO[C@H]1C[C@](CO)(NC(=O)c2ccc(COC)o2)C1(C)C. The fourth-order valence-corrected chi connectivity index (χ4v) is 3.00. The van der Waals surface area contributed by atoms with Gasteiger partial charge in [-0.25, -0.2) is 0 Å². The van der Waals surface area contributed by atoms with E-state index in [9.17, 15) is 9.90 Å². The van der Waals surface area contributed by atoms with Crippen molar-refractivity contribution < 1.29 is 23.8 Å². The third-order valence-corrected chi connectivity index (χ3v) is 4.73. The average molecular weight is 311 g/mol. The highest BCUT2D eigenvalue weighted by atomic mass is 16.5. The van der Waals surface area contributed by atoms with Crippen LogP contribution in [0, 0.1) is 5.41 Å². The Balaban J connectivity index is 2.08. The van der Waals surface area contributed by atoms with Crippen LogP contribution in [0.4, 0.5) is 0 Å². The lowest BCUT2D eigenvalue weighted by molar-refractivity contribution is -0.172. The van der Waals surface area contributed by atoms with Crippen LogP contribution in [0.25, 0.3) is 0 Å². The highest BCUT2D eigenvalue weighted by Gasteiger charge is 2.61. The zero-order valence-corrected chi connectivity index (χ0v) is 13.6. The van der Waals surface area contributed by atoms with Gasteiger partial charge in [-0.2, -0.15) is 0 Å². The van der Waals surface area contributed by atoms with E-state index in [4.69, 9.17) is 13.9 Å². The molecule has 2 rings (SSSR count). The van der Waals surface area contributed by atoms with Crippen LogP contribution in [-0.4, -0.2) is 43.0 Å². The van der Waals surface area contributed by atoms with E-state index < -0.39 is 5.54 Å². The van der Waals surface area contributed by atoms with E-state index in [1.165, 1.54) is 0 Å². The molecule has 1 aliphatic carbocycles. The van der Waals surface area contributed by atoms with Gasteiger partial charge in [-0.05, 0) is 19.1 Å². The predicted octanol–water partition coefficient (Wildman–Crippen LogP) is 1.72. The smallest absolute Gasteiger partial charge is 0.287 e. The third kappa shape index (κ3) is 2.78. The molecule has 2 atom stereocenters. The van der Waals surface area contributed by atoms with Crippen molar-refractivity contribution >= 4 is 5.91 Å². The van der Waals surface area contributed by atoms with Gasteiger partial charge in [-0.3, -0.25) is 4.79 Å². The van der Waals surface area contributed by atoms with E-state index in [1.54, 1.807) is 19.2 Å². The second kappa shape index (κ2) is 6.40. The molecule has 1 saturated carbocycles. The number of carbonyl (C=O) groups is 1. The van der Waals surface area contributed by atoms with Crippen LogP contribution in [0.5, 0.6) is 0 Å². The van der Waals surface area contributed by atoms with Gasteiger partial charge in [-0.15, -0.1) is 0 Å². The molecule has 0 spiro atoms. The number of carbonyl (C=O) groups excluding carboxylic acids is 1. The van der Waals surface area contributed by atoms with Crippen LogP contribution in [0.15, 0.2) is 16.5 Å². The number of aliphatic hydroxyl groups is 1. The maximum atomic E-state index is 12.4. The fraction of sp³-hybridized carbons (Fsp3) is 0.688. The lowest BCUT2D eigenvalue weighted by Crippen LogP contribution is -2.74.